The predicted molar refractivity (Wildman–Crippen MR) is 111 cm³/mol. The Morgan fingerprint density at radius 1 is 1.34 bits per heavy atom. The van der Waals surface area contributed by atoms with Gasteiger partial charge in [0.2, 0.25) is 5.91 Å². The van der Waals surface area contributed by atoms with E-state index < -0.39 is 11.7 Å². The SMILES string of the molecule is CNC(=O)C(CCC=O)c1nc(C)c(N2CCC(N3CCNCC3)CC2)cc1F. The molecule has 1 aromatic heterocycles. The van der Waals surface area contributed by atoms with Crippen molar-refractivity contribution in [1.29, 1.82) is 0 Å². The number of piperazine rings is 1. The van der Waals surface area contributed by atoms with E-state index in [1.54, 1.807) is 0 Å². The van der Waals surface area contributed by atoms with Crippen molar-refractivity contribution in [3.05, 3.63) is 23.3 Å². The summed E-state index contributed by atoms with van der Waals surface area (Å²) in [4.78, 5) is 32.2. The number of rotatable bonds is 7. The van der Waals surface area contributed by atoms with Crippen LogP contribution in [0.2, 0.25) is 0 Å². The second-order valence-corrected chi connectivity index (χ2v) is 7.88. The number of amides is 1. The lowest BCUT2D eigenvalue weighted by Crippen LogP contribution is -2.52. The highest BCUT2D eigenvalue weighted by molar-refractivity contribution is 5.83. The van der Waals surface area contributed by atoms with Gasteiger partial charge in [-0.15, -0.1) is 0 Å². The first-order valence-corrected chi connectivity index (χ1v) is 10.6. The predicted octanol–water partition coefficient (Wildman–Crippen LogP) is 1.21. The Morgan fingerprint density at radius 3 is 2.66 bits per heavy atom. The highest BCUT2D eigenvalue weighted by Crippen LogP contribution is 2.30. The summed E-state index contributed by atoms with van der Waals surface area (Å²) >= 11 is 0. The molecule has 1 amide bonds. The van der Waals surface area contributed by atoms with E-state index in [1.165, 1.54) is 13.1 Å². The first kappa shape index (κ1) is 21.6. The summed E-state index contributed by atoms with van der Waals surface area (Å²) < 4.78 is 15.0. The Kier molecular flexibility index (Phi) is 7.55. The van der Waals surface area contributed by atoms with Gasteiger partial charge in [-0.25, -0.2) is 4.39 Å². The van der Waals surface area contributed by atoms with Crippen LogP contribution in [-0.4, -0.2) is 74.4 Å². The molecule has 8 heteroatoms. The highest BCUT2D eigenvalue weighted by Gasteiger charge is 2.29. The first-order chi connectivity index (χ1) is 14.0. The van der Waals surface area contributed by atoms with E-state index in [0.717, 1.165) is 69.8 Å². The number of aryl methyl sites for hydroxylation is 1. The molecule has 1 atom stereocenters. The molecule has 160 valence electrons. The molecule has 2 aliphatic heterocycles. The van der Waals surface area contributed by atoms with Gasteiger partial charge in [0, 0.05) is 64.8 Å². The van der Waals surface area contributed by atoms with Gasteiger partial charge in [0.25, 0.3) is 0 Å². The van der Waals surface area contributed by atoms with E-state index >= 15 is 0 Å². The highest BCUT2D eigenvalue weighted by atomic mass is 19.1. The summed E-state index contributed by atoms with van der Waals surface area (Å²) in [5, 5.41) is 5.94. The molecule has 3 rings (SSSR count). The van der Waals surface area contributed by atoms with Gasteiger partial charge in [0.1, 0.15) is 12.1 Å². The molecule has 3 heterocycles. The number of carbonyl (C=O) groups excluding carboxylic acids is 2. The van der Waals surface area contributed by atoms with Gasteiger partial charge in [-0.1, -0.05) is 0 Å². The van der Waals surface area contributed by atoms with Crippen LogP contribution in [0, 0.1) is 12.7 Å². The zero-order chi connectivity index (χ0) is 20.8. The third-order valence-electron chi connectivity index (χ3n) is 6.11. The molecule has 29 heavy (non-hydrogen) atoms. The minimum Gasteiger partial charge on any atom is -0.370 e. The molecule has 2 saturated heterocycles. The van der Waals surface area contributed by atoms with Crippen molar-refractivity contribution in [3.63, 3.8) is 0 Å². The number of nitrogens with one attached hydrogen (secondary N) is 2. The van der Waals surface area contributed by atoms with Crippen molar-refractivity contribution in [2.75, 3.05) is 51.2 Å². The Morgan fingerprint density at radius 2 is 2.03 bits per heavy atom. The van der Waals surface area contributed by atoms with E-state index in [9.17, 15) is 14.0 Å². The topological polar surface area (TPSA) is 77.6 Å². The van der Waals surface area contributed by atoms with E-state index in [1.807, 2.05) is 6.92 Å². The molecule has 2 fully saturated rings. The van der Waals surface area contributed by atoms with Crippen molar-refractivity contribution in [3.8, 4) is 0 Å². The summed E-state index contributed by atoms with van der Waals surface area (Å²) in [5.41, 5.74) is 1.65. The normalized spacial score (nSPS) is 19.8. The standard InChI is InChI=1S/C21H32FN5O2/c1-15-19(27-9-5-16(6-10-27)26-11-7-24-8-12-26)14-18(22)20(25-15)17(4-3-13-28)21(29)23-2/h13-14,16-17,24H,3-12H2,1-2H3,(H,23,29). The molecular formula is C21H32FN5O2. The number of hydrogen-bond acceptors (Lipinski definition) is 6. The number of hydrogen-bond donors (Lipinski definition) is 2. The van der Waals surface area contributed by atoms with E-state index in [2.05, 4.69) is 25.4 Å². The molecule has 2 aliphatic rings. The number of aldehydes is 1. The molecule has 2 N–H and O–H groups in total. The van der Waals surface area contributed by atoms with Gasteiger partial charge in [-0.3, -0.25) is 14.7 Å². The fraction of sp³-hybridized carbons (Fsp3) is 0.667. The van der Waals surface area contributed by atoms with Crippen LogP contribution in [0.15, 0.2) is 6.07 Å². The third kappa shape index (κ3) is 5.11. The summed E-state index contributed by atoms with van der Waals surface area (Å²) in [6.45, 7) is 7.90. The van der Waals surface area contributed by atoms with Gasteiger partial charge in [0.05, 0.1) is 23.0 Å². The largest absolute Gasteiger partial charge is 0.370 e. The van der Waals surface area contributed by atoms with Gasteiger partial charge >= 0.3 is 0 Å². The smallest absolute Gasteiger partial charge is 0.229 e. The number of piperidine rings is 1. The maximum absolute atomic E-state index is 15.0. The number of aromatic nitrogens is 1. The molecule has 1 aromatic rings. The molecule has 0 spiro atoms. The van der Waals surface area contributed by atoms with Gasteiger partial charge in [0.15, 0.2) is 0 Å². The van der Waals surface area contributed by atoms with Crippen LogP contribution < -0.4 is 15.5 Å². The molecular weight excluding hydrogens is 373 g/mol. The fourth-order valence-electron chi connectivity index (χ4n) is 4.47. The number of pyridine rings is 1. The van der Waals surface area contributed by atoms with Crippen molar-refractivity contribution in [1.82, 2.24) is 20.5 Å². The molecule has 7 nitrogen and oxygen atoms in total. The molecule has 1 unspecified atom stereocenters. The summed E-state index contributed by atoms with van der Waals surface area (Å²) in [7, 11) is 1.51. The molecule has 0 aliphatic carbocycles. The number of likely N-dealkylation sites (N-methyl/N-ethyl adjacent to an activating group) is 1. The Bertz CT molecular complexity index is 715. The van der Waals surface area contributed by atoms with Crippen molar-refractivity contribution >= 4 is 17.9 Å². The monoisotopic (exact) mass is 405 g/mol. The van der Waals surface area contributed by atoms with Gasteiger partial charge in [-0.2, -0.15) is 0 Å². The van der Waals surface area contributed by atoms with Crippen LogP contribution in [0.1, 0.15) is 43.0 Å². The average Bonchev–Trinajstić information content (AvgIpc) is 2.76. The van der Waals surface area contributed by atoms with Crippen molar-refractivity contribution in [2.45, 2.75) is 44.6 Å². The zero-order valence-corrected chi connectivity index (χ0v) is 17.4. The second-order valence-electron chi connectivity index (χ2n) is 7.88. The molecule has 0 saturated carbocycles. The average molecular weight is 406 g/mol. The lowest BCUT2D eigenvalue weighted by Gasteiger charge is -2.41. The van der Waals surface area contributed by atoms with Crippen molar-refractivity contribution < 1.29 is 14.0 Å². The second kappa shape index (κ2) is 10.1. The Labute approximate surface area is 172 Å². The van der Waals surface area contributed by atoms with Crippen molar-refractivity contribution in [2.24, 2.45) is 0 Å². The maximum Gasteiger partial charge on any atom is 0.229 e. The maximum atomic E-state index is 15.0. The van der Waals surface area contributed by atoms with E-state index in [4.69, 9.17) is 0 Å². The number of carbonyl (C=O) groups is 2. The third-order valence-corrected chi connectivity index (χ3v) is 6.11. The van der Waals surface area contributed by atoms with E-state index in [-0.39, 0.29) is 24.4 Å². The summed E-state index contributed by atoms with van der Waals surface area (Å²) in [5.74, 6) is -1.55. The quantitative estimate of drug-likeness (QED) is 0.664. The van der Waals surface area contributed by atoms with Crippen LogP contribution in [0.25, 0.3) is 0 Å². The fourth-order valence-corrected chi connectivity index (χ4v) is 4.47. The molecule has 0 radical (unpaired) electrons. The van der Waals surface area contributed by atoms with Crippen LogP contribution in [-0.2, 0) is 9.59 Å². The summed E-state index contributed by atoms with van der Waals surface area (Å²) in [6.07, 6.45) is 3.31. The Hall–Kier alpha value is -2.06. The van der Waals surface area contributed by atoms with Gasteiger partial charge in [-0.05, 0) is 26.2 Å². The number of anilines is 1. The summed E-state index contributed by atoms with van der Waals surface area (Å²) in [6, 6.07) is 2.10. The lowest BCUT2D eigenvalue weighted by atomic mass is 9.96. The molecule has 0 bridgehead atoms. The molecule has 0 aromatic carbocycles. The van der Waals surface area contributed by atoms with Gasteiger partial charge < -0.3 is 20.3 Å². The van der Waals surface area contributed by atoms with Crippen LogP contribution in [0.3, 0.4) is 0 Å². The number of halogens is 1. The van der Waals surface area contributed by atoms with Crippen LogP contribution >= 0.6 is 0 Å². The minimum atomic E-state index is -0.753. The van der Waals surface area contributed by atoms with E-state index in [0.29, 0.717) is 6.04 Å². The zero-order valence-electron chi connectivity index (χ0n) is 17.4. The van der Waals surface area contributed by atoms with Crippen LogP contribution in [0.5, 0.6) is 0 Å². The number of nitrogens with zero attached hydrogens (tertiary/aromatic N) is 3. The minimum absolute atomic E-state index is 0.128. The lowest BCUT2D eigenvalue weighted by molar-refractivity contribution is -0.122. The Balaban J connectivity index is 1.72. The van der Waals surface area contributed by atoms with Crippen LogP contribution in [0.4, 0.5) is 10.1 Å². The first-order valence-electron chi connectivity index (χ1n) is 10.6.